The molecule has 27 heavy (non-hydrogen) atoms. The van der Waals surface area contributed by atoms with E-state index in [1.165, 1.54) is 6.92 Å². The number of benzene rings is 1. The fraction of sp³-hybridized carbons (Fsp3) is 0.400. The van der Waals surface area contributed by atoms with Crippen molar-refractivity contribution in [3.8, 4) is 0 Å². The predicted molar refractivity (Wildman–Crippen MR) is 107 cm³/mol. The molecule has 1 N–H and O–H groups in total. The topological polar surface area (TPSA) is 75.2 Å². The maximum atomic E-state index is 12.6. The molecule has 1 aliphatic rings. The molecule has 1 aromatic heterocycles. The average molecular weight is 387 g/mol. The van der Waals surface area contributed by atoms with E-state index in [4.69, 9.17) is 11.6 Å². The Hall–Kier alpha value is -2.47. The molecular weight excluding hydrogens is 364 g/mol. The Labute approximate surface area is 164 Å². The second-order valence-electron chi connectivity index (χ2n) is 6.95. The lowest BCUT2D eigenvalue weighted by Gasteiger charge is -2.31. The van der Waals surface area contributed by atoms with Gasteiger partial charge in [-0.05, 0) is 57.9 Å². The number of halogens is 1. The zero-order valence-corrected chi connectivity index (χ0v) is 16.5. The summed E-state index contributed by atoms with van der Waals surface area (Å²) in [6.07, 6.45) is 1.43. The molecule has 0 atom stereocenters. The number of rotatable bonds is 4. The molecular formula is C20H23ClN4O2. The van der Waals surface area contributed by atoms with E-state index in [9.17, 15) is 9.59 Å². The molecule has 1 fully saturated rings. The Balaban J connectivity index is 1.63. The van der Waals surface area contributed by atoms with Crippen molar-refractivity contribution in [1.82, 2.24) is 9.97 Å². The van der Waals surface area contributed by atoms with Gasteiger partial charge in [0, 0.05) is 36.0 Å². The Kier molecular flexibility index (Phi) is 5.75. The monoisotopic (exact) mass is 386 g/mol. The first-order valence-electron chi connectivity index (χ1n) is 9.02. The number of aromatic nitrogens is 2. The van der Waals surface area contributed by atoms with Gasteiger partial charge in [0.1, 0.15) is 0 Å². The van der Waals surface area contributed by atoms with Crippen LogP contribution in [-0.2, 0) is 4.79 Å². The van der Waals surface area contributed by atoms with Crippen molar-refractivity contribution in [3.05, 3.63) is 46.2 Å². The van der Waals surface area contributed by atoms with E-state index in [1.807, 2.05) is 19.9 Å². The van der Waals surface area contributed by atoms with Gasteiger partial charge in [-0.15, -0.1) is 0 Å². The molecule has 1 aliphatic heterocycles. The Morgan fingerprint density at radius 3 is 2.33 bits per heavy atom. The number of carbonyl (C=O) groups excluding carboxylic acids is 2. The standard InChI is InChI=1S/C20H23ClN4O2/c1-12-10-13(2)23-20(22-12)25-8-6-15(7-9-25)19(27)24-18-11-16(14(3)26)4-5-17(18)21/h4-5,10-11,15H,6-9H2,1-3H3,(H,24,27). The van der Waals surface area contributed by atoms with Crippen LogP contribution >= 0.6 is 11.6 Å². The van der Waals surface area contributed by atoms with Crippen LogP contribution in [0.25, 0.3) is 0 Å². The predicted octanol–water partition coefficient (Wildman–Crippen LogP) is 3.80. The first-order chi connectivity index (χ1) is 12.8. The minimum absolute atomic E-state index is 0.0658. The van der Waals surface area contributed by atoms with Gasteiger partial charge in [-0.1, -0.05) is 11.6 Å². The van der Waals surface area contributed by atoms with E-state index < -0.39 is 0 Å². The van der Waals surface area contributed by atoms with Gasteiger partial charge in [0.25, 0.3) is 0 Å². The molecule has 142 valence electrons. The number of piperidine rings is 1. The molecule has 0 saturated carbocycles. The summed E-state index contributed by atoms with van der Waals surface area (Å²) in [4.78, 5) is 35.3. The van der Waals surface area contributed by atoms with Gasteiger partial charge in [0.05, 0.1) is 10.7 Å². The number of anilines is 2. The van der Waals surface area contributed by atoms with E-state index in [0.717, 1.165) is 30.4 Å². The van der Waals surface area contributed by atoms with Crippen LogP contribution in [0.2, 0.25) is 5.02 Å². The second kappa shape index (κ2) is 8.05. The van der Waals surface area contributed by atoms with Gasteiger partial charge in [-0.2, -0.15) is 0 Å². The fourth-order valence-electron chi connectivity index (χ4n) is 3.27. The maximum Gasteiger partial charge on any atom is 0.227 e. The molecule has 2 heterocycles. The highest BCUT2D eigenvalue weighted by molar-refractivity contribution is 6.33. The highest BCUT2D eigenvalue weighted by atomic mass is 35.5. The highest BCUT2D eigenvalue weighted by Crippen LogP contribution is 2.26. The first kappa shape index (κ1) is 19.3. The van der Waals surface area contributed by atoms with E-state index in [-0.39, 0.29) is 17.6 Å². The third kappa shape index (κ3) is 4.63. The number of nitrogens with one attached hydrogen (secondary N) is 1. The third-order valence-corrected chi connectivity index (χ3v) is 5.08. The van der Waals surface area contributed by atoms with Crippen LogP contribution < -0.4 is 10.2 Å². The molecule has 3 rings (SSSR count). The zero-order valence-electron chi connectivity index (χ0n) is 15.8. The molecule has 0 spiro atoms. The lowest BCUT2D eigenvalue weighted by atomic mass is 9.96. The van der Waals surface area contributed by atoms with Gasteiger partial charge in [0.2, 0.25) is 11.9 Å². The van der Waals surface area contributed by atoms with Crippen molar-refractivity contribution in [2.24, 2.45) is 5.92 Å². The highest BCUT2D eigenvalue weighted by Gasteiger charge is 2.27. The number of aryl methyl sites for hydroxylation is 2. The average Bonchev–Trinajstić information content (AvgIpc) is 2.62. The van der Waals surface area contributed by atoms with E-state index in [0.29, 0.717) is 29.1 Å². The normalized spacial score (nSPS) is 14.9. The number of nitrogens with zero attached hydrogens (tertiary/aromatic N) is 3. The summed E-state index contributed by atoms with van der Waals surface area (Å²) in [5.74, 6) is 0.482. The van der Waals surface area contributed by atoms with Crippen LogP contribution in [0, 0.1) is 19.8 Å². The number of carbonyl (C=O) groups is 2. The number of amides is 1. The van der Waals surface area contributed by atoms with Crippen molar-refractivity contribution in [2.75, 3.05) is 23.3 Å². The van der Waals surface area contributed by atoms with Crippen LogP contribution in [0.15, 0.2) is 24.3 Å². The van der Waals surface area contributed by atoms with Gasteiger partial charge in [-0.25, -0.2) is 9.97 Å². The Morgan fingerprint density at radius 1 is 1.11 bits per heavy atom. The van der Waals surface area contributed by atoms with Crippen LogP contribution in [0.4, 0.5) is 11.6 Å². The zero-order chi connectivity index (χ0) is 19.6. The molecule has 1 aromatic carbocycles. The Morgan fingerprint density at radius 2 is 1.74 bits per heavy atom. The summed E-state index contributed by atoms with van der Waals surface area (Å²) < 4.78 is 0. The lowest BCUT2D eigenvalue weighted by molar-refractivity contribution is -0.120. The summed E-state index contributed by atoms with van der Waals surface area (Å²) in [6.45, 7) is 6.85. The molecule has 0 bridgehead atoms. The number of hydrogen-bond acceptors (Lipinski definition) is 5. The van der Waals surface area contributed by atoms with Crippen molar-refractivity contribution >= 4 is 34.9 Å². The van der Waals surface area contributed by atoms with Gasteiger partial charge < -0.3 is 10.2 Å². The van der Waals surface area contributed by atoms with Gasteiger partial charge in [-0.3, -0.25) is 9.59 Å². The number of hydrogen-bond donors (Lipinski definition) is 1. The van der Waals surface area contributed by atoms with Gasteiger partial charge in [0.15, 0.2) is 5.78 Å². The van der Waals surface area contributed by atoms with Crippen molar-refractivity contribution < 1.29 is 9.59 Å². The summed E-state index contributed by atoms with van der Waals surface area (Å²) in [5.41, 5.74) is 2.89. The molecule has 0 unspecified atom stereocenters. The molecule has 0 radical (unpaired) electrons. The van der Waals surface area contributed by atoms with E-state index >= 15 is 0 Å². The van der Waals surface area contributed by atoms with Crippen LogP contribution in [0.1, 0.15) is 41.5 Å². The molecule has 1 saturated heterocycles. The SMILES string of the molecule is CC(=O)c1ccc(Cl)c(NC(=O)C2CCN(c3nc(C)cc(C)n3)CC2)c1. The molecule has 1 amide bonds. The first-order valence-corrected chi connectivity index (χ1v) is 9.40. The smallest absolute Gasteiger partial charge is 0.227 e. The van der Waals surface area contributed by atoms with Crippen molar-refractivity contribution in [1.29, 1.82) is 0 Å². The van der Waals surface area contributed by atoms with Gasteiger partial charge >= 0.3 is 0 Å². The molecule has 6 nitrogen and oxygen atoms in total. The molecule has 0 aliphatic carbocycles. The molecule has 7 heteroatoms. The van der Waals surface area contributed by atoms with E-state index in [1.54, 1.807) is 18.2 Å². The molecule has 2 aromatic rings. The Bertz CT molecular complexity index is 856. The van der Waals surface area contributed by atoms with Crippen molar-refractivity contribution in [3.63, 3.8) is 0 Å². The largest absolute Gasteiger partial charge is 0.341 e. The number of Topliss-reactive ketones (excluding diaryl/α,β-unsaturated/α-hetero) is 1. The van der Waals surface area contributed by atoms with Crippen molar-refractivity contribution in [2.45, 2.75) is 33.6 Å². The third-order valence-electron chi connectivity index (χ3n) is 4.75. The lowest BCUT2D eigenvalue weighted by Crippen LogP contribution is -2.39. The van der Waals surface area contributed by atoms with Crippen LogP contribution in [0.5, 0.6) is 0 Å². The van der Waals surface area contributed by atoms with Crippen LogP contribution in [-0.4, -0.2) is 34.7 Å². The fourth-order valence-corrected chi connectivity index (χ4v) is 3.43. The van der Waals surface area contributed by atoms with E-state index in [2.05, 4.69) is 20.2 Å². The minimum Gasteiger partial charge on any atom is -0.341 e. The summed E-state index contributed by atoms with van der Waals surface area (Å²) >= 11 is 6.17. The van der Waals surface area contributed by atoms with Crippen LogP contribution in [0.3, 0.4) is 0 Å². The summed E-state index contributed by atoms with van der Waals surface area (Å²) in [6, 6.07) is 6.86. The number of ketones is 1. The summed E-state index contributed by atoms with van der Waals surface area (Å²) in [5, 5.41) is 3.30. The summed E-state index contributed by atoms with van der Waals surface area (Å²) in [7, 11) is 0. The maximum absolute atomic E-state index is 12.6. The quantitative estimate of drug-likeness (QED) is 0.809. The minimum atomic E-state index is -0.107. The second-order valence-corrected chi connectivity index (χ2v) is 7.36.